The van der Waals surface area contributed by atoms with Gasteiger partial charge in [-0.2, -0.15) is 0 Å². The summed E-state index contributed by atoms with van der Waals surface area (Å²) in [4.78, 5) is 19.9. The summed E-state index contributed by atoms with van der Waals surface area (Å²) < 4.78 is 5.47. The molecule has 130 valence electrons. The Kier molecular flexibility index (Phi) is 5.51. The van der Waals surface area contributed by atoms with E-state index in [1.165, 1.54) is 5.56 Å². The van der Waals surface area contributed by atoms with Crippen LogP contribution >= 0.6 is 0 Å². The molecule has 2 atom stereocenters. The van der Waals surface area contributed by atoms with Crippen molar-refractivity contribution in [3.63, 3.8) is 0 Å². The van der Waals surface area contributed by atoms with Crippen LogP contribution in [0, 0.1) is 6.57 Å². The van der Waals surface area contributed by atoms with E-state index in [2.05, 4.69) is 23.6 Å². The highest BCUT2D eigenvalue weighted by Gasteiger charge is 2.32. The number of hydrogen-bond acceptors (Lipinski definition) is 3. The molecule has 24 heavy (non-hydrogen) atoms. The molecule has 2 rings (SSSR count). The Morgan fingerprint density at radius 2 is 1.92 bits per heavy atom. The third-order valence-corrected chi connectivity index (χ3v) is 4.33. The van der Waals surface area contributed by atoms with Crippen LogP contribution in [0.3, 0.4) is 0 Å². The van der Waals surface area contributed by atoms with Gasteiger partial charge in [-0.3, -0.25) is 4.90 Å². The quantitative estimate of drug-likeness (QED) is 0.762. The summed E-state index contributed by atoms with van der Waals surface area (Å²) in [6.07, 6.45) is -0.233. The van der Waals surface area contributed by atoms with E-state index in [0.717, 1.165) is 6.54 Å². The topological polar surface area (TPSA) is 37.1 Å². The van der Waals surface area contributed by atoms with E-state index in [9.17, 15) is 4.79 Å². The smallest absolute Gasteiger partial charge is 0.410 e. The second kappa shape index (κ2) is 7.23. The Balaban J connectivity index is 1.99. The van der Waals surface area contributed by atoms with Crippen LogP contribution in [-0.4, -0.2) is 47.2 Å². The summed E-state index contributed by atoms with van der Waals surface area (Å²) in [5, 5.41) is 0. The minimum atomic E-state index is -0.463. The van der Waals surface area contributed by atoms with Crippen LogP contribution in [0.5, 0.6) is 0 Å². The minimum absolute atomic E-state index is 0.233. The van der Waals surface area contributed by atoms with Crippen molar-refractivity contribution in [3.8, 4) is 0 Å². The van der Waals surface area contributed by atoms with Crippen LogP contribution in [0.1, 0.15) is 46.2 Å². The van der Waals surface area contributed by atoms with Crippen molar-refractivity contribution >= 4 is 11.8 Å². The molecule has 1 saturated heterocycles. The zero-order valence-electron chi connectivity index (χ0n) is 15.2. The zero-order valence-corrected chi connectivity index (χ0v) is 15.2. The maximum absolute atomic E-state index is 12.2. The van der Waals surface area contributed by atoms with E-state index in [-0.39, 0.29) is 18.2 Å². The Bertz CT molecular complexity index is 613. The standard InChI is InChI=1S/C19H27N3O2/c1-14-13-21(18(23)24-19(3,4)5)11-12-22(14)15(2)16-7-9-17(20-6)10-8-16/h7-10,14-15H,11-13H2,1-5H3/t14-,15-/m0/s1. The fourth-order valence-corrected chi connectivity index (χ4v) is 3.06. The lowest BCUT2D eigenvalue weighted by atomic mass is 10.0. The van der Waals surface area contributed by atoms with E-state index < -0.39 is 5.60 Å². The van der Waals surface area contributed by atoms with Crippen molar-refractivity contribution in [2.45, 2.75) is 52.3 Å². The number of benzene rings is 1. The molecule has 5 heteroatoms. The van der Waals surface area contributed by atoms with Crippen LogP contribution in [0.2, 0.25) is 0 Å². The Morgan fingerprint density at radius 3 is 2.42 bits per heavy atom. The number of rotatable bonds is 2. The first-order valence-corrected chi connectivity index (χ1v) is 8.42. The monoisotopic (exact) mass is 329 g/mol. The largest absolute Gasteiger partial charge is 0.444 e. The van der Waals surface area contributed by atoms with Gasteiger partial charge in [0.25, 0.3) is 0 Å². The number of ether oxygens (including phenoxy) is 1. The summed E-state index contributed by atoms with van der Waals surface area (Å²) in [5.41, 5.74) is 1.39. The molecule has 5 nitrogen and oxygen atoms in total. The summed E-state index contributed by atoms with van der Waals surface area (Å²) in [6.45, 7) is 19.2. The highest BCUT2D eigenvalue weighted by atomic mass is 16.6. The molecule has 1 aliphatic heterocycles. The van der Waals surface area contributed by atoms with Gasteiger partial charge in [-0.25, -0.2) is 9.64 Å². The fourth-order valence-electron chi connectivity index (χ4n) is 3.06. The first kappa shape index (κ1) is 18.3. The number of carbonyl (C=O) groups excluding carboxylic acids is 1. The van der Waals surface area contributed by atoms with Gasteiger partial charge < -0.3 is 9.64 Å². The van der Waals surface area contributed by atoms with Gasteiger partial charge in [-0.05, 0) is 40.2 Å². The van der Waals surface area contributed by atoms with Crippen LogP contribution in [-0.2, 0) is 4.74 Å². The number of hydrogen-bond donors (Lipinski definition) is 0. The molecule has 1 amide bonds. The van der Waals surface area contributed by atoms with Crippen LogP contribution in [0.15, 0.2) is 24.3 Å². The lowest BCUT2D eigenvalue weighted by molar-refractivity contribution is -0.000711. The third kappa shape index (κ3) is 4.48. The lowest BCUT2D eigenvalue weighted by Crippen LogP contribution is -2.54. The first-order chi connectivity index (χ1) is 11.2. The Labute approximate surface area is 145 Å². The number of piperazine rings is 1. The molecule has 0 saturated carbocycles. The van der Waals surface area contributed by atoms with E-state index in [1.807, 2.05) is 45.0 Å². The van der Waals surface area contributed by atoms with Gasteiger partial charge >= 0.3 is 6.09 Å². The van der Waals surface area contributed by atoms with Crippen molar-refractivity contribution in [1.82, 2.24) is 9.80 Å². The molecule has 1 fully saturated rings. The molecule has 0 aromatic heterocycles. The molecule has 0 spiro atoms. The zero-order chi connectivity index (χ0) is 17.9. The lowest BCUT2D eigenvalue weighted by Gasteiger charge is -2.43. The summed E-state index contributed by atoms with van der Waals surface area (Å²) in [5.74, 6) is 0. The third-order valence-electron chi connectivity index (χ3n) is 4.33. The number of amides is 1. The molecular weight excluding hydrogens is 302 g/mol. The first-order valence-electron chi connectivity index (χ1n) is 8.42. The van der Waals surface area contributed by atoms with Gasteiger partial charge in [-0.1, -0.05) is 24.3 Å². The molecule has 0 unspecified atom stereocenters. The van der Waals surface area contributed by atoms with Gasteiger partial charge in [0.2, 0.25) is 0 Å². The average Bonchev–Trinajstić information content (AvgIpc) is 2.52. The summed E-state index contributed by atoms with van der Waals surface area (Å²) in [7, 11) is 0. The van der Waals surface area contributed by atoms with Crippen molar-refractivity contribution in [2.24, 2.45) is 0 Å². The molecule has 0 radical (unpaired) electrons. The fraction of sp³-hybridized carbons (Fsp3) is 0.579. The van der Waals surface area contributed by atoms with Gasteiger partial charge in [0, 0.05) is 31.7 Å². The van der Waals surface area contributed by atoms with Crippen molar-refractivity contribution in [1.29, 1.82) is 0 Å². The average molecular weight is 329 g/mol. The predicted molar refractivity (Wildman–Crippen MR) is 95.1 cm³/mol. The van der Waals surface area contributed by atoms with Gasteiger partial charge in [-0.15, -0.1) is 0 Å². The molecule has 1 aliphatic rings. The van der Waals surface area contributed by atoms with E-state index in [0.29, 0.717) is 18.8 Å². The number of carbonyl (C=O) groups is 1. The van der Waals surface area contributed by atoms with Crippen molar-refractivity contribution in [2.75, 3.05) is 19.6 Å². The Morgan fingerprint density at radius 1 is 1.29 bits per heavy atom. The van der Waals surface area contributed by atoms with Crippen LogP contribution in [0.4, 0.5) is 10.5 Å². The maximum Gasteiger partial charge on any atom is 0.410 e. The molecule has 1 aromatic rings. The van der Waals surface area contributed by atoms with Gasteiger partial charge in [0.1, 0.15) is 5.60 Å². The molecule has 0 bridgehead atoms. The second-order valence-corrected chi connectivity index (χ2v) is 7.39. The number of nitrogens with zero attached hydrogens (tertiary/aromatic N) is 3. The predicted octanol–water partition coefficient (Wildman–Crippen LogP) is 4.24. The molecular formula is C19H27N3O2. The Hall–Kier alpha value is -2.06. The molecule has 0 N–H and O–H groups in total. The van der Waals surface area contributed by atoms with Crippen molar-refractivity contribution in [3.05, 3.63) is 41.2 Å². The SMILES string of the molecule is [C-]#[N+]c1ccc([C@H](C)N2CCN(C(=O)OC(C)(C)C)C[C@@H]2C)cc1. The second-order valence-electron chi connectivity index (χ2n) is 7.39. The summed E-state index contributed by atoms with van der Waals surface area (Å²) in [6, 6.07) is 8.26. The van der Waals surface area contributed by atoms with E-state index in [1.54, 1.807) is 4.90 Å². The van der Waals surface area contributed by atoms with E-state index in [4.69, 9.17) is 11.3 Å². The molecule has 1 aromatic carbocycles. The van der Waals surface area contributed by atoms with Crippen LogP contribution in [0.25, 0.3) is 4.85 Å². The van der Waals surface area contributed by atoms with Gasteiger partial charge in [0.15, 0.2) is 5.69 Å². The normalized spacial score (nSPS) is 20.3. The van der Waals surface area contributed by atoms with Crippen molar-refractivity contribution < 1.29 is 9.53 Å². The van der Waals surface area contributed by atoms with E-state index >= 15 is 0 Å². The minimum Gasteiger partial charge on any atom is -0.444 e. The maximum atomic E-state index is 12.2. The molecule has 0 aliphatic carbocycles. The van der Waals surface area contributed by atoms with Crippen LogP contribution < -0.4 is 0 Å². The molecule has 1 heterocycles. The highest BCUT2D eigenvalue weighted by molar-refractivity contribution is 5.68. The highest BCUT2D eigenvalue weighted by Crippen LogP contribution is 2.27. The summed E-state index contributed by atoms with van der Waals surface area (Å²) >= 11 is 0. The van der Waals surface area contributed by atoms with Gasteiger partial charge in [0.05, 0.1) is 6.57 Å².